The molecule has 0 radical (unpaired) electrons. The normalized spacial score (nSPS) is 42.2. The van der Waals surface area contributed by atoms with Crippen LogP contribution in [-0.2, 0) is 0 Å². The summed E-state index contributed by atoms with van der Waals surface area (Å²) in [6.07, 6.45) is -8.58. The maximum atomic E-state index is 15.6. The molecule has 0 aromatic rings. The number of likely N-dealkylation sites (tertiary alicyclic amines) is 1. The van der Waals surface area contributed by atoms with Crippen molar-refractivity contribution in [3.63, 3.8) is 0 Å². The van der Waals surface area contributed by atoms with Gasteiger partial charge < -0.3 is 0 Å². The second-order valence-electron chi connectivity index (χ2n) is 9.11. The van der Waals surface area contributed by atoms with Gasteiger partial charge in [-0.05, 0) is 0 Å². The van der Waals surface area contributed by atoms with Crippen LogP contribution in [-0.4, -0.2) is 93.3 Å². The molecule has 3 fully saturated rings. The van der Waals surface area contributed by atoms with E-state index < -0.39 is 93.3 Å². The maximum absolute atomic E-state index is 15.6. The van der Waals surface area contributed by atoms with E-state index in [2.05, 4.69) is 0 Å². The highest BCUT2D eigenvalue weighted by atomic mass is 19.4. The molecular weight excluding hydrogens is 707 g/mol. The van der Waals surface area contributed by atoms with Crippen molar-refractivity contribution in [2.75, 3.05) is 0 Å². The topological polar surface area (TPSA) is 3.24 Å². The minimum absolute atomic E-state index is 5.70. The van der Waals surface area contributed by atoms with Crippen molar-refractivity contribution >= 4 is 0 Å². The number of alkyl halides is 27. The number of fused-ring (bicyclic) bond motifs is 3. The molecule has 0 aromatic heterocycles. The predicted octanol–water partition coefficient (Wildman–Crippen LogP) is 7.95. The fourth-order valence-corrected chi connectivity index (χ4v) is 4.87. The fraction of sp³-hybridized carbons (Fsp3) is 1.00. The number of hydrogen-bond acceptors (Lipinski definition) is 1. The Balaban J connectivity index is 2.90. The Hall–Kier alpha value is -1.93. The van der Waals surface area contributed by atoms with Crippen molar-refractivity contribution in [1.29, 1.82) is 0 Å². The van der Waals surface area contributed by atoms with E-state index >= 15 is 17.6 Å². The van der Waals surface area contributed by atoms with Gasteiger partial charge in [0.05, 0.1) is 0 Å². The Morgan fingerprint density at radius 3 is 0.721 bits per heavy atom. The highest BCUT2D eigenvalue weighted by Crippen LogP contribution is 2.86. The molecule has 254 valence electrons. The van der Waals surface area contributed by atoms with Gasteiger partial charge in [0.15, 0.2) is 0 Å². The lowest BCUT2D eigenvalue weighted by molar-refractivity contribution is -0.506. The molecule has 2 aliphatic carbocycles. The number of hydrogen-bond donors (Lipinski definition) is 0. The lowest BCUT2D eigenvalue weighted by atomic mass is 9.58. The molecule has 1 aliphatic heterocycles. The van der Waals surface area contributed by atoms with Crippen molar-refractivity contribution in [3.8, 4) is 0 Å². The van der Waals surface area contributed by atoms with Crippen molar-refractivity contribution in [2.45, 2.75) is 88.4 Å². The first-order chi connectivity index (χ1) is 18.1. The largest absolute Gasteiger partial charge is 0.461 e. The minimum Gasteiger partial charge on any atom is -0.227 e. The molecule has 3 aliphatic rings. The standard InChI is InChI=1S/C15F27N/c16-1-2(17)4(20,21)6(24,25)8(28,29)10(32,33)13(2,37)43(15(41,42)11(34,35)14(38,39)40)12(1,36)9(30,31)7(26,27)5(22,23)3(1,18)19/t1-,2-,12-,13+/m1/s1. The van der Waals surface area contributed by atoms with E-state index in [9.17, 15) is 101 Å². The Morgan fingerprint density at radius 1 is 0.302 bits per heavy atom. The predicted molar refractivity (Wildman–Crippen MR) is 72.7 cm³/mol. The molecule has 2 saturated carbocycles. The highest BCUT2D eigenvalue weighted by molar-refractivity contribution is 5.49. The molecule has 0 amide bonds. The first-order valence-electron chi connectivity index (χ1n) is 9.52. The van der Waals surface area contributed by atoms with Crippen LogP contribution in [0, 0.1) is 0 Å². The molecule has 1 nitrogen and oxygen atoms in total. The second kappa shape index (κ2) is 7.37. The fourth-order valence-electron chi connectivity index (χ4n) is 4.87. The molecule has 3 rings (SSSR count). The van der Waals surface area contributed by atoms with Crippen LogP contribution in [0.4, 0.5) is 119 Å². The summed E-state index contributed by atoms with van der Waals surface area (Å²) in [6.45, 7) is 0. The highest BCUT2D eigenvalue weighted by Gasteiger charge is 3.20. The van der Waals surface area contributed by atoms with Crippen LogP contribution in [0.3, 0.4) is 0 Å². The van der Waals surface area contributed by atoms with Crippen LogP contribution in [0.2, 0.25) is 0 Å². The van der Waals surface area contributed by atoms with Gasteiger partial charge in [-0.15, -0.1) is 0 Å². The lowest BCUT2D eigenvalue weighted by Crippen LogP contribution is -2.92. The lowest BCUT2D eigenvalue weighted by Gasteiger charge is -2.58. The van der Waals surface area contributed by atoms with Crippen LogP contribution in [0.15, 0.2) is 0 Å². The average molecular weight is 707 g/mol. The third-order valence-electron chi connectivity index (χ3n) is 7.08. The van der Waals surface area contributed by atoms with Crippen molar-refractivity contribution in [1.82, 2.24) is 4.90 Å². The summed E-state index contributed by atoms with van der Waals surface area (Å²) in [7, 11) is 0. The summed E-state index contributed by atoms with van der Waals surface area (Å²) >= 11 is 0. The molecule has 0 unspecified atom stereocenters. The van der Waals surface area contributed by atoms with Crippen LogP contribution < -0.4 is 0 Å². The van der Waals surface area contributed by atoms with Crippen LogP contribution in [0.5, 0.6) is 0 Å². The van der Waals surface area contributed by atoms with Crippen molar-refractivity contribution < 1.29 is 119 Å². The summed E-state index contributed by atoms with van der Waals surface area (Å²) < 4.78 is 383. The first-order valence-corrected chi connectivity index (χ1v) is 9.52. The van der Waals surface area contributed by atoms with Crippen molar-refractivity contribution in [2.24, 2.45) is 0 Å². The van der Waals surface area contributed by atoms with Gasteiger partial charge in [0, 0.05) is 0 Å². The van der Waals surface area contributed by atoms with E-state index in [0.717, 1.165) is 0 Å². The molecule has 0 bridgehead atoms. The third-order valence-corrected chi connectivity index (χ3v) is 7.08. The van der Waals surface area contributed by atoms with Gasteiger partial charge in [-0.3, -0.25) is 0 Å². The van der Waals surface area contributed by atoms with Gasteiger partial charge >= 0.3 is 65.5 Å². The quantitative estimate of drug-likeness (QED) is 0.208. The molecule has 0 spiro atoms. The molecule has 0 aromatic carbocycles. The summed E-state index contributed by atoms with van der Waals surface area (Å²) in [5.74, 6) is -102. The number of rotatable bonds is 2. The van der Waals surface area contributed by atoms with E-state index in [1.807, 2.05) is 0 Å². The smallest absolute Gasteiger partial charge is 0.227 e. The SMILES string of the molecule is FC(F)(F)C(F)(F)C(F)(F)N1[C@@]2(F)C(F)(F)C(F)(F)C(F)(F)C(F)(F)[C@]2(F)[C@@]2(F)C(F)(F)C(F)(F)C(F)(F)C(F)(F)[C@@]12F. The van der Waals surface area contributed by atoms with Gasteiger partial charge in [-0.1, -0.05) is 0 Å². The Kier molecular flexibility index (Phi) is 6.10. The van der Waals surface area contributed by atoms with Gasteiger partial charge in [0.2, 0.25) is 0 Å². The second-order valence-corrected chi connectivity index (χ2v) is 9.11. The molecule has 28 heteroatoms. The third kappa shape index (κ3) is 2.54. The van der Waals surface area contributed by atoms with E-state index in [-0.39, 0.29) is 0 Å². The first kappa shape index (κ1) is 35.5. The summed E-state index contributed by atoms with van der Waals surface area (Å²) in [5, 5.41) is 0. The zero-order chi connectivity index (χ0) is 35.1. The molecule has 0 N–H and O–H groups in total. The molecule has 1 saturated heterocycles. The summed E-state index contributed by atoms with van der Waals surface area (Å²) in [5.41, 5.74) is -19.6. The van der Waals surface area contributed by atoms with Crippen LogP contribution >= 0.6 is 0 Å². The molecular formula is C15F27N. The summed E-state index contributed by atoms with van der Waals surface area (Å²) in [6, 6.07) is -9.59. The van der Waals surface area contributed by atoms with Gasteiger partial charge in [0.1, 0.15) is 0 Å². The molecule has 43 heavy (non-hydrogen) atoms. The van der Waals surface area contributed by atoms with E-state index in [1.54, 1.807) is 0 Å². The number of nitrogens with zero attached hydrogens (tertiary/aromatic N) is 1. The van der Waals surface area contributed by atoms with E-state index in [1.165, 1.54) is 0 Å². The Morgan fingerprint density at radius 2 is 0.512 bits per heavy atom. The zero-order valence-corrected chi connectivity index (χ0v) is 18.2. The number of halogens is 27. The Bertz CT molecular complexity index is 1140. The van der Waals surface area contributed by atoms with Crippen molar-refractivity contribution in [3.05, 3.63) is 0 Å². The van der Waals surface area contributed by atoms with E-state index in [0.29, 0.717) is 0 Å². The minimum atomic E-state index is -9.80. The van der Waals surface area contributed by atoms with Gasteiger partial charge in [-0.25, -0.2) is 17.6 Å². The van der Waals surface area contributed by atoms with Crippen LogP contribution in [0.1, 0.15) is 0 Å². The molecule has 1 heterocycles. The maximum Gasteiger partial charge on any atom is 0.461 e. The summed E-state index contributed by atoms with van der Waals surface area (Å²) in [4.78, 5) is -5.70. The zero-order valence-electron chi connectivity index (χ0n) is 18.2. The molecule has 4 atom stereocenters. The monoisotopic (exact) mass is 707 g/mol. The van der Waals surface area contributed by atoms with Gasteiger partial charge in [0.25, 0.3) is 22.9 Å². The van der Waals surface area contributed by atoms with Gasteiger partial charge in [-0.2, -0.15) is 106 Å². The van der Waals surface area contributed by atoms with Crippen LogP contribution in [0.25, 0.3) is 0 Å². The van der Waals surface area contributed by atoms with E-state index in [4.69, 9.17) is 0 Å². The Labute approximate surface area is 213 Å². The average Bonchev–Trinajstić information content (AvgIpc) is 2.93.